The van der Waals surface area contributed by atoms with Gasteiger partial charge in [0.15, 0.2) is 11.5 Å². The summed E-state index contributed by atoms with van der Waals surface area (Å²) >= 11 is 0. The number of aromatic carboxylic acids is 1. The molecule has 2 heterocycles. The summed E-state index contributed by atoms with van der Waals surface area (Å²) in [7, 11) is 1.67. The van der Waals surface area contributed by atoms with Crippen LogP contribution in [0.4, 0.5) is 11.5 Å². The van der Waals surface area contributed by atoms with Gasteiger partial charge in [0.25, 0.3) is 0 Å². The monoisotopic (exact) mass is 237 g/mol. The molecule has 1 aromatic heterocycles. The molecule has 0 radical (unpaired) electrons. The van der Waals surface area contributed by atoms with Gasteiger partial charge in [-0.15, -0.1) is 0 Å². The second kappa shape index (κ2) is 4.58. The quantitative estimate of drug-likeness (QED) is 0.799. The molecular formula is C11H15N3O3. The standard InChI is InChI=1S/C11H15N3O3/c1-17-7-4-5-14(6-7)10-8(12)2-3-9(13-10)11(15)16/h2-3,7H,4-6,12H2,1H3,(H,15,16). The zero-order valence-corrected chi connectivity index (χ0v) is 9.59. The molecule has 1 unspecified atom stereocenters. The average Bonchev–Trinajstić information content (AvgIpc) is 2.77. The van der Waals surface area contributed by atoms with Crippen molar-refractivity contribution in [2.75, 3.05) is 30.8 Å². The highest BCUT2D eigenvalue weighted by Crippen LogP contribution is 2.25. The Morgan fingerprint density at radius 1 is 1.65 bits per heavy atom. The van der Waals surface area contributed by atoms with Gasteiger partial charge >= 0.3 is 5.97 Å². The Morgan fingerprint density at radius 3 is 3.00 bits per heavy atom. The molecule has 0 aromatic carbocycles. The van der Waals surface area contributed by atoms with Crippen molar-refractivity contribution in [2.45, 2.75) is 12.5 Å². The maximum Gasteiger partial charge on any atom is 0.354 e. The molecule has 1 aromatic rings. The van der Waals surface area contributed by atoms with Gasteiger partial charge in [-0.1, -0.05) is 0 Å². The number of hydrogen-bond acceptors (Lipinski definition) is 5. The summed E-state index contributed by atoms with van der Waals surface area (Å²) in [4.78, 5) is 16.9. The Kier molecular flexibility index (Phi) is 3.14. The lowest BCUT2D eigenvalue weighted by Gasteiger charge is -2.19. The molecule has 1 aliphatic heterocycles. The molecule has 6 heteroatoms. The Bertz CT molecular complexity index is 436. The summed E-state index contributed by atoms with van der Waals surface area (Å²) < 4.78 is 5.25. The number of rotatable bonds is 3. The zero-order chi connectivity index (χ0) is 12.4. The van der Waals surface area contributed by atoms with Crippen LogP contribution in [0.1, 0.15) is 16.9 Å². The van der Waals surface area contributed by atoms with Crippen molar-refractivity contribution >= 4 is 17.5 Å². The minimum atomic E-state index is -1.05. The minimum absolute atomic E-state index is 0.00932. The second-order valence-electron chi connectivity index (χ2n) is 4.01. The summed E-state index contributed by atoms with van der Waals surface area (Å²) in [6.07, 6.45) is 1.05. The van der Waals surface area contributed by atoms with E-state index in [2.05, 4.69) is 4.98 Å². The first-order valence-electron chi connectivity index (χ1n) is 5.39. The average molecular weight is 237 g/mol. The van der Waals surface area contributed by atoms with Crippen molar-refractivity contribution in [3.8, 4) is 0 Å². The van der Waals surface area contributed by atoms with Crippen LogP contribution in [0.2, 0.25) is 0 Å². The van der Waals surface area contributed by atoms with Gasteiger partial charge in [-0.2, -0.15) is 0 Å². The molecule has 17 heavy (non-hydrogen) atoms. The van der Waals surface area contributed by atoms with E-state index in [4.69, 9.17) is 15.6 Å². The van der Waals surface area contributed by atoms with Crippen molar-refractivity contribution in [2.24, 2.45) is 0 Å². The molecule has 0 saturated carbocycles. The number of ether oxygens (including phenoxy) is 1. The third-order valence-corrected chi connectivity index (χ3v) is 2.90. The van der Waals surface area contributed by atoms with Crippen LogP contribution in [0.15, 0.2) is 12.1 Å². The summed E-state index contributed by atoms with van der Waals surface area (Å²) in [6, 6.07) is 2.98. The SMILES string of the molecule is COC1CCN(c2nc(C(=O)O)ccc2N)C1. The van der Waals surface area contributed by atoms with E-state index in [0.29, 0.717) is 18.1 Å². The number of nitrogens with two attached hydrogens (primary N) is 1. The summed E-state index contributed by atoms with van der Waals surface area (Å²) in [5, 5.41) is 8.89. The number of carboxylic acid groups (broad SMARTS) is 1. The molecule has 1 fully saturated rings. The van der Waals surface area contributed by atoms with Crippen LogP contribution in [-0.2, 0) is 4.74 Å². The summed E-state index contributed by atoms with van der Waals surface area (Å²) in [5.41, 5.74) is 6.32. The van der Waals surface area contributed by atoms with E-state index in [9.17, 15) is 4.79 Å². The molecule has 1 saturated heterocycles. The fourth-order valence-corrected chi connectivity index (χ4v) is 1.94. The normalized spacial score (nSPS) is 19.6. The Hall–Kier alpha value is -1.82. The second-order valence-corrected chi connectivity index (χ2v) is 4.01. The molecule has 1 atom stereocenters. The van der Waals surface area contributed by atoms with Gasteiger partial charge < -0.3 is 20.5 Å². The summed E-state index contributed by atoms with van der Waals surface area (Å²) in [5.74, 6) is -0.516. The number of nitrogens with zero attached hydrogens (tertiary/aromatic N) is 2. The molecule has 6 nitrogen and oxygen atoms in total. The maximum atomic E-state index is 10.9. The van der Waals surface area contributed by atoms with E-state index >= 15 is 0 Å². The van der Waals surface area contributed by atoms with E-state index in [-0.39, 0.29) is 11.8 Å². The lowest BCUT2D eigenvalue weighted by atomic mass is 10.3. The molecule has 0 spiro atoms. The summed E-state index contributed by atoms with van der Waals surface area (Å²) in [6.45, 7) is 1.47. The van der Waals surface area contributed by atoms with Crippen LogP contribution in [-0.4, -0.2) is 42.4 Å². The molecule has 92 valence electrons. The largest absolute Gasteiger partial charge is 0.477 e. The molecule has 2 rings (SSSR count). The lowest BCUT2D eigenvalue weighted by molar-refractivity contribution is 0.0690. The molecule has 0 amide bonds. The number of nitrogen functional groups attached to an aromatic ring is 1. The van der Waals surface area contributed by atoms with Gasteiger partial charge in [0, 0.05) is 20.2 Å². The molecule has 0 aliphatic carbocycles. The molecular weight excluding hydrogens is 222 g/mol. The number of methoxy groups -OCH3 is 1. The Morgan fingerprint density at radius 2 is 2.41 bits per heavy atom. The smallest absolute Gasteiger partial charge is 0.354 e. The predicted molar refractivity (Wildman–Crippen MR) is 63.2 cm³/mol. The Labute approximate surface area is 99.0 Å². The highest BCUT2D eigenvalue weighted by molar-refractivity contribution is 5.87. The third kappa shape index (κ3) is 2.31. The number of pyridine rings is 1. The molecule has 3 N–H and O–H groups in total. The van der Waals surface area contributed by atoms with Crippen molar-refractivity contribution in [3.05, 3.63) is 17.8 Å². The predicted octanol–water partition coefficient (Wildman–Crippen LogP) is 0.587. The zero-order valence-electron chi connectivity index (χ0n) is 9.59. The first kappa shape index (κ1) is 11.7. The van der Waals surface area contributed by atoms with Crippen LogP contribution >= 0.6 is 0 Å². The van der Waals surface area contributed by atoms with Gasteiger partial charge in [-0.3, -0.25) is 0 Å². The van der Waals surface area contributed by atoms with Crippen LogP contribution in [0, 0.1) is 0 Å². The maximum absolute atomic E-state index is 10.9. The fourth-order valence-electron chi connectivity index (χ4n) is 1.94. The van der Waals surface area contributed by atoms with E-state index < -0.39 is 5.97 Å². The van der Waals surface area contributed by atoms with E-state index in [1.165, 1.54) is 6.07 Å². The lowest BCUT2D eigenvalue weighted by Crippen LogP contribution is -2.24. The van der Waals surface area contributed by atoms with Crippen LogP contribution in [0.25, 0.3) is 0 Å². The van der Waals surface area contributed by atoms with Gasteiger partial charge in [-0.05, 0) is 18.6 Å². The van der Waals surface area contributed by atoms with Crippen molar-refractivity contribution in [1.29, 1.82) is 0 Å². The number of aromatic nitrogens is 1. The van der Waals surface area contributed by atoms with Crippen molar-refractivity contribution < 1.29 is 14.6 Å². The Balaban J connectivity index is 2.25. The van der Waals surface area contributed by atoms with Gasteiger partial charge in [0.2, 0.25) is 0 Å². The van der Waals surface area contributed by atoms with Crippen LogP contribution in [0.3, 0.4) is 0 Å². The number of carboxylic acids is 1. The van der Waals surface area contributed by atoms with E-state index in [1.807, 2.05) is 4.90 Å². The van der Waals surface area contributed by atoms with Gasteiger partial charge in [0.1, 0.15) is 0 Å². The van der Waals surface area contributed by atoms with E-state index in [1.54, 1.807) is 13.2 Å². The minimum Gasteiger partial charge on any atom is -0.477 e. The van der Waals surface area contributed by atoms with E-state index in [0.717, 1.165) is 13.0 Å². The molecule has 1 aliphatic rings. The number of carbonyl (C=O) groups is 1. The topological polar surface area (TPSA) is 88.7 Å². The van der Waals surface area contributed by atoms with Crippen LogP contribution < -0.4 is 10.6 Å². The van der Waals surface area contributed by atoms with Gasteiger partial charge in [-0.25, -0.2) is 9.78 Å². The first-order valence-corrected chi connectivity index (χ1v) is 5.39. The highest BCUT2D eigenvalue weighted by Gasteiger charge is 2.25. The number of hydrogen-bond donors (Lipinski definition) is 2. The number of anilines is 2. The first-order chi connectivity index (χ1) is 8.11. The third-order valence-electron chi connectivity index (χ3n) is 2.90. The van der Waals surface area contributed by atoms with Gasteiger partial charge in [0.05, 0.1) is 11.8 Å². The highest BCUT2D eigenvalue weighted by atomic mass is 16.5. The molecule has 0 bridgehead atoms. The van der Waals surface area contributed by atoms with Crippen LogP contribution in [0.5, 0.6) is 0 Å². The van der Waals surface area contributed by atoms with Crippen molar-refractivity contribution in [3.63, 3.8) is 0 Å². The van der Waals surface area contributed by atoms with Crippen molar-refractivity contribution in [1.82, 2.24) is 4.98 Å². The fraction of sp³-hybridized carbons (Fsp3) is 0.455.